The Hall–Kier alpha value is -2.35. The summed E-state index contributed by atoms with van der Waals surface area (Å²) in [5, 5.41) is 11.7. The molecule has 0 spiro atoms. The van der Waals surface area contributed by atoms with Crippen LogP contribution in [-0.4, -0.2) is 24.5 Å². The Balaban J connectivity index is 1.76. The predicted molar refractivity (Wildman–Crippen MR) is 85.7 cm³/mol. The maximum absolute atomic E-state index is 11.9. The summed E-state index contributed by atoms with van der Waals surface area (Å²) in [6, 6.07) is 8.31. The second kappa shape index (κ2) is 8.94. The van der Waals surface area contributed by atoms with Gasteiger partial charge in [0.25, 0.3) is 5.91 Å². The first-order valence-electron chi connectivity index (χ1n) is 8.15. The third kappa shape index (κ3) is 5.74. The van der Waals surface area contributed by atoms with Crippen LogP contribution in [0.15, 0.2) is 24.3 Å². The van der Waals surface area contributed by atoms with Crippen LogP contribution < -0.4 is 5.32 Å². The predicted octanol–water partition coefficient (Wildman–Crippen LogP) is 2.94. The minimum Gasteiger partial charge on any atom is -0.452 e. The number of nitriles is 1. The molecule has 1 amide bonds. The molecule has 1 N–H and O–H groups in total. The van der Waals surface area contributed by atoms with E-state index in [0.717, 1.165) is 25.7 Å². The van der Waals surface area contributed by atoms with Crippen LogP contribution in [0.25, 0.3) is 0 Å². The Morgan fingerprint density at radius 3 is 2.30 bits per heavy atom. The van der Waals surface area contributed by atoms with Crippen molar-refractivity contribution in [2.24, 2.45) is 0 Å². The van der Waals surface area contributed by atoms with Crippen molar-refractivity contribution in [3.05, 3.63) is 35.4 Å². The number of nitrogens with one attached hydrogen (secondary N) is 1. The topological polar surface area (TPSA) is 79.2 Å². The molecule has 1 aliphatic carbocycles. The number of nitrogens with zero attached hydrogens (tertiary/aromatic N) is 1. The SMILES string of the molecule is N#Cc1ccc(C(=O)OCC(=O)NC2CCCCCCC2)cc1. The number of ether oxygens (including phenoxy) is 1. The lowest BCUT2D eigenvalue weighted by atomic mass is 9.97. The average molecular weight is 314 g/mol. The zero-order valence-corrected chi connectivity index (χ0v) is 13.2. The minimum atomic E-state index is -0.553. The van der Waals surface area contributed by atoms with Gasteiger partial charge in [0, 0.05) is 6.04 Å². The lowest BCUT2D eigenvalue weighted by Crippen LogP contribution is -2.38. The van der Waals surface area contributed by atoms with Gasteiger partial charge in [0.1, 0.15) is 0 Å². The summed E-state index contributed by atoms with van der Waals surface area (Å²) in [6.07, 6.45) is 7.99. The van der Waals surface area contributed by atoms with Crippen LogP contribution in [0.2, 0.25) is 0 Å². The molecule has 1 fully saturated rings. The molecule has 5 heteroatoms. The normalized spacial score (nSPS) is 15.8. The third-order valence-electron chi connectivity index (χ3n) is 4.05. The molecule has 23 heavy (non-hydrogen) atoms. The van der Waals surface area contributed by atoms with Crippen molar-refractivity contribution in [3.63, 3.8) is 0 Å². The van der Waals surface area contributed by atoms with E-state index in [1.54, 1.807) is 12.1 Å². The van der Waals surface area contributed by atoms with Gasteiger partial charge in [0.15, 0.2) is 6.61 Å². The van der Waals surface area contributed by atoms with Gasteiger partial charge in [-0.15, -0.1) is 0 Å². The van der Waals surface area contributed by atoms with Crippen molar-refractivity contribution in [1.29, 1.82) is 5.26 Å². The zero-order valence-electron chi connectivity index (χ0n) is 13.2. The fraction of sp³-hybridized carbons (Fsp3) is 0.500. The minimum absolute atomic E-state index is 0.191. The number of esters is 1. The first kappa shape index (κ1) is 17.0. The molecule has 1 aliphatic rings. The molecule has 0 unspecified atom stereocenters. The Morgan fingerprint density at radius 2 is 1.70 bits per heavy atom. The highest BCUT2D eigenvalue weighted by Crippen LogP contribution is 2.17. The quantitative estimate of drug-likeness (QED) is 0.867. The molecule has 0 heterocycles. The Kier molecular flexibility index (Phi) is 6.61. The van der Waals surface area contributed by atoms with Gasteiger partial charge in [-0.25, -0.2) is 4.79 Å². The molecule has 0 atom stereocenters. The van der Waals surface area contributed by atoms with E-state index in [2.05, 4.69) is 5.32 Å². The van der Waals surface area contributed by atoms with Crippen molar-refractivity contribution in [2.45, 2.75) is 51.0 Å². The summed E-state index contributed by atoms with van der Waals surface area (Å²) in [6.45, 7) is -0.269. The highest BCUT2D eigenvalue weighted by molar-refractivity contribution is 5.91. The number of amides is 1. The van der Waals surface area contributed by atoms with E-state index in [1.807, 2.05) is 6.07 Å². The Bertz CT molecular complexity index is 567. The molecule has 0 radical (unpaired) electrons. The van der Waals surface area contributed by atoms with Gasteiger partial charge < -0.3 is 10.1 Å². The number of carbonyl (C=O) groups excluding carboxylic acids is 2. The van der Waals surface area contributed by atoms with E-state index in [0.29, 0.717) is 11.1 Å². The molecule has 1 saturated carbocycles. The fourth-order valence-corrected chi connectivity index (χ4v) is 2.77. The molecular formula is C18H22N2O3. The Labute approximate surface area is 136 Å². The van der Waals surface area contributed by atoms with E-state index >= 15 is 0 Å². The lowest BCUT2D eigenvalue weighted by molar-refractivity contribution is -0.125. The second-order valence-electron chi connectivity index (χ2n) is 5.87. The van der Waals surface area contributed by atoms with E-state index in [1.165, 1.54) is 31.4 Å². The van der Waals surface area contributed by atoms with Crippen LogP contribution in [0.1, 0.15) is 60.9 Å². The fourth-order valence-electron chi connectivity index (χ4n) is 2.77. The second-order valence-corrected chi connectivity index (χ2v) is 5.87. The van der Waals surface area contributed by atoms with Crippen molar-refractivity contribution < 1.29 is 14.3 Å². The van der Waals surface area contributed by atoms with E-state index in [-0.39, 0.29) is 18.6 Å². The number of benzene rings is 1. The summed E-state index contributed by atoms with van der Waals surface area (Å²) < 4.78 is 5.03. The molecule has 1 aromatic carbocycles. The van der Waals surface area contributed by atoms with Crippen molar-refractivity contribution in [2.75, 3.05) is 6.61 Å². The summed E-state index contributed by atoms with van der Waals surface area (Å²) in [7, 11) is 0. The molecule has 0 aromatic heterocycles. The van der Waals surface area contributed by atoms with Crippen LogP contribution in [0.4, 0.5) is 0 Å². The highest BCUT2D eigenvalue weighted by atomic mass is 16.5. The van der Waals surface area contributed by atoms with Crippen LogP contribution >= 0.6 is 0 Å². The molecule has 1 aromatic rings. The molecular weight excluding hydrogens is 292 g/mol. The largest absolute Gasteiger partial charge is 0.452 e. The number of hydrogen-bond donors (Lipinski definition) is 1. The Morgan fingerprint density at radius 1 is 1.09 bits per heavy atom. The van der Waals surface area contributed by atoms with Gasteiger partial charge in [0.2, 0.25) is 0 Å². The van der Waals surface area contributed by atoms with Gasteiger partial charge in [-0.3, -0.25) is 4.79 Å². The van der Waals surface area contributed by atoms with E-state index in [9.17, 15) is 9.59 Å². The molecule has 122 valence electrons. The van der Waals surface area contributed by atoms with Crippen molar-refractivity contribution >= 4 is 11.9 Å². The zero-order chi connectivity index (χ0) is 16.5. The number of carbonyl (C=O) groups is 2. The maximum Gasteiger partial charge on any atom is 0.338 e. The third-order valence-corrected chi connectivity index (χ3v) is 4.05. The summed E-state index contributed by atoms with van der Waals surface area (Å²) in [5.74, 6) is -0.806. The van der Waals surface area contributed by atoms with Crippen LogP contribution in [0.3, 0.4) is 0 Å². The first-order chi connectivity index (χ1) is 11.2. The maximum atomic E-state index is 11.9. The average Bonchev–Trinajstić information content (AvgIpc) is 2.55. The van der Waals surface area contributed by atoms with Gasteiger partial charge in [-0.1, -0.05) is 32.1 Å². The summed E-state index contributed by atoms with van der Waals surface area (Å²) in [5.41, 5.74) is 0.811. The lowest BCUT2D eigenvalue weighted by Gasteiger charge is -2.20. The first-order valence-corrected chi connectivity index (χ1v) is 8.15. The van der Waals surface area contributed by atoms with E-state index < -0.39 is 5.97 Å². The smallest absolute Gasteiger partial charge is 0.338 e. The standard InChI is InChI=1S/C18H22N2O3/c19-12-14-8-10-15(11-9-14)18(22)23-13-17(21)20-16-6-4-2-1-3-5-7-16/h8-11,16H,1-7,13H2,(H,20,21). The van der Waals surface area contributed by atoms with Gasteiger partial charge in [-0.05, 0) is 37.1 Å². The van der Waals surface area contributed by atoms with Crippen molar-refractivity contribution in [3.8, 4) is 6.07 Å². The molecule has 2 rings (SSSR count). The molecule has 0 aliphatic heterocycles. The monoisotopic (exact) mass is 314 g/mol. The van der Waals surface area contributed by atoms with Crippen molar-refractivity contribution in [1.82, 2.24) is 5.32 Å². The molecule has 5 nitrogen and oxygen atoms in total. The molecule has 0 saturated heterocycles. The molecule has 0 bridgehead atoms. The van der Waals surface area contributed by atoms with Crippen LogP contribution in [0, 0.1) is 11.3 Å². The van der Waals surface area contributed by atoms with E-state index in [4.69, 9.17) is 10.00 Å². The number of rotatable bonds is 4. The number of hydrogen-bond acceptors (Lipinski definition) is 4. The van der Waals surface area contributed by atoms with Crippen LogP contribution in [-0.2, 0) is 9.53 Å². The van der Waals surface area contributed by atoms with Gasteiger partial charge >= 0.3 is 5.97 Å². The van der Waals surface area contributed by atoms with Gasteiger partial charge in [0.05, 0.1) is 17.2 Å². The van der Waals surface area contributed by atoms with Crippen LogP contribution in [0.5, 0.6) is 0 Å². The summed E-state index contributed by atoms with van der Waals surface area (Å²) >= 11 is 0. The van der Waals surface area contributed by atoms with Gasteiger partial charge in [-0.2, -0.15) is 5.26 Å². The highest BCUT2D eigenvalue weighted by Gasteiger charge is 2.15. The summed E-state index contributed by atoms with van der Waals surface area (Å²) in [4.78, 5) is 23.8.